The van der Waals surface area contributed by atoms with Gasteiger partial charge in [-0.1, -0.05) is 0 Å². The number of carbonyl (C=O) groups excluding carboxylic acids is 2. The van der Waals surface area contributed by atoms with Gasteiger partial charge in [-0.2, -0.15) is 0 Å². The number of rotatable bonds is 5. The van der Waals surface area contributed by atoms with Gasteiger partial charge >= 0.3 is 0 Å². The van der Waals surface area contributed by atoms with Gasteiger partial charge in [-0.25, -0.2) is 0 Å². The molecule has 4 N–H and O–H groups in total. The van der Waals surface area contributed by atoms with Crippen molar-refractivity contribution in [2.45, 2.75) is 19.4 Å². The van der Waals surface area contributed by atoms with E-state index in [4.69, 9.17) is 10.2 Å². The van der Waals surface area contributed by atoms with Crippen LogP contribution in [0, 0.1) is 5.92 Å². The van der Waals surface area contributed by atoms with Crippen molar-refractivity contribution >= 4 is 35.6 Å². The van der Waals surface area contributed by atoms with Crippen LogP contribution in [-0.4, -0.2) is 11.8 Å². The zero-order chi connectivity index (χ0) is 15.5. The number of hydrogen-bond donors (Lipinski definition) is 3. The SMILES string of the molecule is Cl.NCc1cc(C(=O)Nc2ccc(NC(=O)C3CC3)cc2)co1. The van der Waals surface area contributed by atoms with Crippen LogP contribution < -0.4 is 16.4 Å². The summed E-state index contributed by atoms with van der Waals surface area (Å²) in [6.45, 7) is 0.253. The van der Waals surface area contributed by atoms with Crippen molar-refractivity contribution in [1.82, 2.24) is 0 Å². The van der Waals surface area contributed by atoms with Crippen LogP contribution in [0.2, 0.25) is 0 Å². The Bertz CT molecular complexity index is 693. The molecule has 0 atom stereocenters. The maximum Gasteiger partial charge on any atom is 0.258 e. The van der Waals surface area contributed by atoms with Gasteiger partial charge in [0.05, 0.1) is 12.1 Å². The third-order valence-electron chi connectivity index (χ3n) is 3.48. The van der Waals surface area contributed by atoms with Crippen molar-refractivity contribution in [2.24, 2.45) is 11.7 Å². The number of halogens is 1. The molecule has 0 unspecified atom stereocenters. The van der Waals surface area contributed by atoms with Crippen LogP contribution in [-0.2, 0) is 11.3 Å². The summed E-state index contributed by atoms with van der Waals surface area (Å²) >= 11 is 0. The highest BCUT2D eigenvalue weighted by Gasteiger charge is 2.29. The van der Waals surface area contributed by atoms with Crippen molar-refractivity contribution in [1.29, 1.82) is 0 Å². The fraction of sp³-hybridized carbons (Fsp3) is 0.250. The quantitative estimate of drug-likeness (QED) is 0.782. The molecule has 1 aromatic heterocycles. The molecule has 2 amide bonds. The molecule has 0 saturated heterocycles. The van der Waals surface area contributed by atoms with E-state index < -0.39 is 0 Å². The Morgan fingerprint density at radius 2 is 1.74 bits per heavy atom. The summed E-state index contributed by atoms with van der Waals surface area (Å²) in [5.74, 6) is 0.517. The summed E-state index contributed by atoms with van der Waals surface area (Å²) in [6, 6.07) is 8.61. The lowest BCUT2D eigenvalue weighted by atomic mass is 10.2. The van der Waals surface area contributed by atoms with Gasteiger partial charge in [0, 0.05) is 17.3 Å². The molecule has 1 aliphatic carbocycles. The van der Waals surface area contributed by atoms with Crippen LogP contribution in [0.15, 0.2) is 41.0 Å². The number of carbonyl (C=O) groups is 2. The molecule has 0 spiro atoms. The number of nitrogens with one attached hydrogen (secondary N) is 2. The maximum atomic E-state index is 12.0. The molecule has 2 aromatic rings. The zero-order valence-corrected chi connectivity index (χ0v) is 13.2. The van der Waals surface area contributed by atoms with Crippen LogP contribution in [0.3, 0.4) is 0 Å². The second-order valence-electron chi connectivity index (χ2n) is 5.30. The fourth-order valence-corrected chi connectivity index (χ4v) is 2.04. The van der Waals surface area contributed by atoms with E-state index in [9.17, 15) is 9.59 Å². The van der Waals surface area contributed by atoms with Crippen LogP contribution in [0.5, 0.6) is 0 Å². The molecular weight excluding hydrogens is 318 g/mol. The first-order valence-corrected chi connectivity index (χ1v) is 7.15. The van der Waals surface area contributed by atoms with Crippen LogP contribution in [0.25, 0.3) is 0 Å². The average Bonchev–Trinajstić information content (AvgIpc) is 3.26. The van der Waals surface area contributed by atoms with Gasteiger partial charge in [0.15, 0.2) is 0 Å². The summed E-state index contributed by atoms with van der Waals surface area (Å²) in [4.78, 5) is 23.7. The Morgan fingerprint density at radius 3 is 2.26 bits per heavy atom. The molecule has 23 heavy (non-hydrogen) atoms. The highest BCUT2D eigenvalue weighted by atomic mass is 35.5. The summed E-state index contributed by atoms with van der Waals surface area (Å²) in [7, 11) is 0. The van der Waals surface area contributed by atoms with Crippen molar-refractivity contribution in [3.63, 3.8) is 0 Å². The van der Waals surface area contributed by atoms with E-state index >= 15 is 0 Å². The number of hydrogen-bond acceptors (Lipinski definition) is 4. The smallest absolute Gasteiger partial charge is 0.258 e. The number of anilines is 2. The summed E-state index contributed by atoms with van der Waals surface area (Å²) in [6.07, 6.45) is 3.31. The monoisotopic (exact) mass is 335 g/mol. The molecule has 1 aromatic carbocycles. The molecule has 1 fully saturated rings. The lowest BCUT2D eigenvalue weighted by Crippen LogP contribution is -2.13. The molecule has 1 heterocycles. The largest absolute Gasteiger partial charge is 0.467 e. The second-order valence-corrected chi connectivity index (χ2v) is 5.30. The molecule has 1 aliphatic rings. The minimum absolute atomic E-state index is 0. The molecule has 7 heteroatoms. The number of furan rings is 1. The molecule has 3 rings (SSSR count). The first-order valence-electron chi connectivity index (χ1n) is 7.15. The van der Waals surface area contributed by atoms with Gasteiger partial charge in [-0.3, -0.25) is 9.59 Å². The molecule has 0 aliphatic heterocycles. The van der Waals surface area contributed by atoms with E-state index in [2.05, 4.69) is 10.6 Å². The minimum Gasteiger partial charge on any atom is -0.467 e. The summed E-state index contributed by atoms with van der Waals surface area (Å²) < 4.78 is 5.13. The van der Waals surface area contributed by atoms with Gasteiger partial charge in [0.2, 0.25) is 5.91 Å². The Kier molecular flexibility index (Phi) is 5.41. The predicted octanol–water partition coefficient (Wildman–Crippen LogP) is 2.76. The maximum absolute atomic E-state index is 12.0. The van der Waals surface area contributed by atoms with Crippen LogP contribution >= 0.6 is 12.4 Å². The fourth-order valence-electron chi connectivity index (χ4n) is 2.04. The molecule has 0 bridgehead atoms. The summed E-state index contributed by atoms with van der Waals surface area (Å²) in [5, 5.41) is 5.61. The van der Waals surface area contributed by atoms with Crippen molar-refractivity contribution in [3.05, 3.63) is 47.9 Å². The Hall–Kier alpha value is -2.31. The van der Waals surface area contributed by atoms with Crippen LogP contribution in [0.1, 0.15) is 29.0 Å². The molecule has 1 saturated carbocycles. The van der Waals surface area contributed by atoms with E-state index in [0.717, 1.165) is 18.5 Å². The van der Waals surface area contributed by atoms with Gasteiger partial charge in [-0.15, -0.1) is 12.4 Å². The van der Waals surface area contributed by atoms with E-state index in [0.29, 0.717) is 17.0 Å². The van der Waals surface area contributed by atoms with Crippen LogP contribution in [0.4, 0.5) is 11.4 Å². The highest BCUT2D eigenvalue weighted by Crippen LogP contribution is 2.30. The molecular formula is C16H18ClN3O3. The average molecular weight is 336 g/mol. The summed E-state index contributed by atoms with van der Waals surface area (Å²) in [5.41, 5.74) is 7.23. The number of nitrogens with two attached hydrogens (primary N) is 1. The van der Waals surface area contributed by atoms with Crippen molar-refractivity contribution in [3.8, 4) is 0 Å². The normalized spacial score (nSPS) is 13.1. The number of benzene rings is 1. The molecule has 122 valence electrons. The topological polar surface area (TPSA) is 97.4 Å². The first kappa shape index (κ1) is 17.1. The van der Waals surface area contributed by atoms with Gasteiger partial charge in [-0.05, 0) is 43.2 Å². The van der Waals surface area contributed by atoms with E-state index in [1.165, 1.54) is 6.26 Å². The Labute approximate surface area is 139 Å². The highest BCUT2D eigenvalue weighted by molar-refractivity contribution is 6.04. The van der Waals surface area contributed by atoms with Crippen molar-refractivity contribution < 1.29 is 14.0 Å². The minimum atomic E-state index is -0.266. The predicted molar refractivity (Wildman–Crippen MR) is 89.6 cm³/mol. The lowest BCUT2D eigenvalue weighted by molar-refractivity contribution is -0.117. The molecule has 0 radical (unpaired) electrons. The molecule has 6 nitrogen and oxygen atoms in total. The van der Waals surface area contributed by atoms with E-state index in [-0.39, 0.29) is 36.7 Å². The van der Waals surface area contributed by atoms with Gasteiger partial charge in [0.25, 0.3) is 5.91 Å². The second kappa shape index (κ2) is 7.30. The zero-order valence-electron chi connectivity index (χ0n) is 12.4. The third-order valence-corrected chi connectivity index (χ3v) is 3.48. The standard InChI is InChI=1S/C16H17N3O3.ClH/c17-8-14-7-11(9-22-14)16(21)19-13-5-3-12(4-6-13)18-15(20)10-1-2-10;/h3-7,9-10H,1-2,8,17H2,(H,18,20)(H,19,21);1H. The number of amides is 2. The lowest BCUT2D eigenvalue weighted by Gasteiger charge is -2.07. The first-order chi connectivity index (χ1) is 10.7. The van der Waals surface area contributed by atoms with E-state index in [1.54, 1.807) is 30.3 Å². The third kappa shape index (κ3) is 4.34. The van der Waals surface area contributed by atoms with E-state index in [1.807, 2.05) is 0 Å². The Balaban J connectivity index is 0.00000192. The van der Waals surface area contributed by atoms with Gasteiger partial charge < -0.3 is 20.8 Å². The Morgan fingerprint density at radius 1 is 1.13 bits per heavy atom. The van der Waals surface area contributed by atoms with Crippen molar-refractivity contribution in [2.75, 3.05) is 10.6 Å². The van der Waals surface area contributed by atoms with Gasteiger partial charge in [0.1, 0.15) is 12.0 Å².